The van der Waals surface area contributed by atoms with Crippen LogP contribution in [0.4, 0.5) is 9.18 Å². The highest BCUT2D eigenvalue weighted by molar-refractivity contribution is 7.90. The minimum Gasteiger partial charge on any atom is -0.460 e. The van der Waals surface area contributed by atoms with E-state index < -0.39 is 105 Å². The summed E-state index contributed by atoms with van der Waals surface area (Å²) in [6.07, 6.45) is -0.267. The van der Waals surface area contributed by atoms with Gasteiger partial charge in [-0.2, -0.15) is 0 Å². The van der Waals surface area contributed by atoms with E-state index >= 15 is 0 Å². The van der Waals surface area contributed by atoms with Crippen molar-refractivity contribution in [1.29, 1.82) is 0 Å². The molecule has 1 unspecified atom stereocenters. The number of rotatable bonds is 12. The van der Waals surface area contributed by atoms with E-state index in [9.17, 15) is 41.9 Å². The third kappa shape index (κ3) is 7.56. The third-order valence-corrected chi connectivity index (χ3v) is 11.1. The van der Waals surface area contributed by atoms with Crippen molar-refractivity contribution in [2.45, 2.75) is 95.4 Å². The molecule has 13 nitrogen and oxygen atoms in total. The van der Waals surface area contributed by atoms with E-state index in [2.05, 4.69) is 11.3 Å². The lowest BCUT2D eigenvalue weighted by atomic mass is 9.91. The molecule has 0 bridgehead atoms. The normalized spacial score (nSPS) is 25.6. The summed E-state index contributed by atoms with van der Waals surface area (Å²) >= 11 is 0. The number of allylic oxidation sites excluding steroid dienone is 1. The number of likely N-dealkylation sites (tertiary alicyclic amines) is 1. The van der Waals surface area contributed by atoms with Crippen LogP contribution in [0.3, 0.4) is 0 Å². The largest absolute Gasteiger partial charge is 0.460 e. The first-order chi connectivity index (χ1) is 22.5. The molecule has 0 radical (unpaired) electrons. The molecule has 2 N–H and O–H groups in total. The van der Waals surface area contributed by atoms with Crippen molar-refractivity contribution in [1.82, 2.24) is 14.5 Å². The summed E-state index contributed by atoms with van der Waals surface area (Å²) in [6.45, 7) is 7.77. The summed E-state index contributed by atoms with van der Waals surface area (Å²) in [4.78, 5) is 69.3. The van der Waals surface area contributed by atoms with Gasteiger partial charge in [0.2, 0.25) is 21.8 Å². The molecule has 3 amide bonds. The minimum atomic E-state index is -3.90. The number of benzene rings is 1. The van der Waals surface area contributed by atoms with E-state index in [0.29, 0.717) is 24.0 Å². The van der Waals surface area contributed by atoms with Gasteiger partial charge < -0.3 is 19.5 Å². The number of carbonyl (C=O) groups is 5. The number of halogens is 1. The van der Waals surface area contributed by atoms with Gasteiger partial charge in [-0.25, -0.2) is 17.6 Å². The SMILES string of the molecule is C=C[C@@H]1C[C@]1(CC(=O)[C@@H]1CC(OC(=O)N2Cc3cccc(F)c3C2)CN1C(=O)[C@H](CO)CC(=O)OC(C)(C)C)C(=O)NS(=O)(=O)C1CC1. The summed E-state index contributed by atoms with van der Waals surface area (Å²) in [6, 6.07) is 3.32. The molecule has 1 saturated heterocycles. The van der Waals surface area contributed by atoms with E-state index in [1.165, 1.54) is 17.0 Å². The summed E-state index contributed by atoms with van der Waals surface area (Å²) in [7, 11) is -3.90. The van der Waals surface area contributed by atoms with Gasteiger partial charge in [0.05, 0.1) is 48.7 Å². The summed E-state index contributed by atoms with van der Waals surface area (Å²) in [5.41, 5.74) is -1.24. The Morgan fingerprint density at radius 2 is 1.90 bits per heavy atom. The predicted octanol–water partition coefficient (Wildman–Crippen LogP) is 2.35. The van der Waals surface area contributed by atoms with Crippen LogP contribution in [0.25, 0.3) is 0 Å². The monoisotopic (exact) mass is 691 g/mol. The fraction of sp³-hybridized carbons (Fsp3) is 0.606. The Labute approximate surface area is 278 Å². The smallest absolute Gasteiger partial charge is 0.410 e. The second kappa shape index (κ2) is 13.2. The second-order valence-corrected chi connectivity index (χ2v) is 16.1. The van der Waals surface area contributed by atoms with Gasteiger partial charge in [-0.05, 0) is 57.6 Å². The number of hydrogen-bond donors (Lipinski definition) is 2. The lowest BCUT2D eigenvalue weighted by Gasteiger charge is -2.28. The number of aliphatic hydroxyl groups is 1. The molecule has 1 aromatic rings. The zero-order valence-corrected chi connectivity index (χ0v) is 28.1. The number of nitrogens with zero attached hydrogens (tertiary/aromatic N) is 2. The van der Waals surface area contributed by atoms with Gasteiger partial charge in [-0.15, -0.1) is 6.58 Å². The minimum absolute atomic E-state index is 0.0224. The number of Topliss-reactive ketones (excluding diaryl/α,β-unsaturated/α-hetero) is 1. The number of ether oxygens (including phenoxy) is 2. The van der Waals surface area contributed by atoms with Crippen molar-refractivity contribution in [3.63, 3.8) is 0 Å². The van der Waals surface area contributed by atoms with Gasteiger partial charge in [0.25, 0.3) is 0 Å². The van der Waals surface area contributed by atoms with Crippen LogP contribution in [0, 0.1) is 23.1 Å². The quantitative estimate of drug-likeness (QED) is 0.244. The van der Waals surface area contributed by atoms with Crippen molar-refractivity contribution in [3.05, 3.63) is 47.8 Å². The van der Waals surface area contributed by atoms with Gasteiger partial charge in [-0.3, -0.25) is 28.8 Å². The molecular weight excluding hydrogens is 649 g/mol. The summed E-state index contributed by atoms with van der Waals surface area (Å²) in [5.74, 6) is -5.08. The third-order valence-electron chi connectivity index (χ3n) is 9.33. The number of sulfonamides is 1. The number of nitrogens with one attached hydrogen (secondary N) is 1. The van der Waals surface area contributed by atoms with Gasteiger partial charge in [0.15, 0.2) is 5.78 Å². The molecule has 0 aromatic heterocycles. The molecule has 5 rings (SSSR count). The zero-order valence-electron chi connectivity index (χ0n) is 27.3. The van der Waals surface area contributed by atoms with Crippen LogP contribution in [0.2, 0.25) is 0 Å². The van der Waals surface area contributed by atoms with Crippen LogP contribution >= 0.6 is 0 Å². The number of aliphatic hydroxyl groups excluding tert-OH is 1. The summed E-state index contributed by atoms with van der Waals surface area (Å²) in [5, 5.41) is 9.44. The topological polar surface area (TPSA) is 177 Å². The molecule has 2 aliphatic heterocycles. The van der Waals surface area contributed by atoms with E-state index in [1.54, 1.807) is 32.9 Å². The van der Waals surface area contributed by atoms with Gasteiger partial charge in [0.1, 0.15) is 17.5 Å². The predicted molar refractivity (Wildman–Crippen MR) is 168 cm³/mol. The molecule has 2 heterocycles. The summed E-state index contributed by atoms with van der Waals surface area (Å²) < 4.78 is 52.6. The first-order valence-corrected chi connectivity index (χ1v) is 17.6. The van der Waals surface area contributed by atoms with Crippen molar-refractivity contribution < 1.29 is 51.4 Å². The molecule has 262 valence electrons. The maximum Gasteiger partial charge on any atom is 0.410 e. The Morgan fingerprint density at radius 1 is 1.19 bits per heavy atom. The van der Waals surface area contributed by atoms with E-state index in [4.69, 9.17) is 9.47 Å². The van der Waals surface area contributed by atoms with Crippen molar-refractivity contribution in [2.24, 2.45) is 17.3 Å². The van der Waals surface area contributed by atoms with Gasteiger partial charge in [-0.1, -0.05) is 18.2 Å². The molecule has 0 spiro atoms. The number of carbonyl (C=O) groups excluding carboxylic acids is 5. The van der Waals surface area contributed by atoms with Crippen molar-refractivity contribution in [3.8, 4) is 0 Å². The molecule has 1 aromatic carbocycles. The van der Waals surface area contributed by atoms with E-state index in [1.807, 2.05) is 0 Å². The molecule has 2 saturated carbocycles. The van der Waals surface area contributed by atoms with Crippen LogP contribution in [0.5, 0.6) is 0 Å². The van der Waals surface area contributed by atoms with E-state index in [-0.39, 0.29) is 32.5 Å². The average molecular weight is 692 g/mol. The van der Waals surface area contributed by atoms with E-state index in [0.717, 1.165) is 4.90 Å². The lowest BCUT2D eigenvalue weighted by Crippen LogP contribution is -2.47. The Morgan fingerprint density at radius 3 is 2.48 bits per heavy atom. The number of fused-ring (bicyclic) bond motifs is 1. The first-order valence-electron chi connectivity index (χ1n) is 16.0. The van der Waals surface area contributed by atoms with Crippen LogP contribution < -0.4 is 4.72 Å². The van der Waals surface area contributed by atoms with Crippen LogP contribution in [0.1, 0.15) is 70.4 Å². The number of hydrogen-bond acceptors (Lipinski definition) is 10. The number of ketones is 1. The van der Waals surface area contributed by atoms with Crippen molar-refractivity contribution in [2.75, 3.05) is 13.2 Å². The standard InChI is InChI=1S/C33H42FN3O10S/c1-5-21-13-33(21,30(42)35-48(44,45)23-9-10-23)14-27(39)26-12-22(46-31(43)36-15-19-7-6-8-25(34)24(19)17-36)16-37(26)29(41)20(18-38)11-28(40)47-32(2,3)4/h5-8,20-23,26,38H,1,9-18H2,2-4H3,(H,35,42)/t20-,21+,22?,26-,33+/m0/s1. The van der Waals surface area contributed by atoms with Gasteiger partial charge >= 0.3 is 12.1 Å². The number of esters is 1. The highest BCUT2D eigenvalue weighted by Crippen LogP contribution is 2.57. The van der Waals surface area contributed by atoms with Crippen LogP contribution in [-0.4, -0.2) is 89.1 Å². The molecule has 15 heteroatoms. The van der Waals surface area contributed by atoms with Crippen molar-refractivity contribution >= 4 is 39.7 Å². The highest BCUT2D eigenvalue weighted by Gasteiger charge is 2.61. The Hall–Kier alpha value is -3.85. The fourth-order valence-electron chi connectivity index (χ4n) is 6.52. The lowest BCUT2D eigenvalue weighted by molar-refractivity contribution is -0.159. The van der Waals surface area contributed by atoms with Gasteiger partial charge in [0, 0.05) is 24.9 Å². The average Bonchev–Trinajstić information content (AvgIpc) is 3.89. The zero-order chi connectivity index (χ0) is 35.2. The molecule has 5 atom stereocenters. The van der Waals surface area contributed by atoms with Crippen LogP contribution in [-0.2, 0) is 51.8 Å². The highest BCUT2D eigenvalue weighted by atomic mass is 32.2. The molecule has 3 fully saturated rings. The maximum atomic E-state index is 14.3. The maximum absolute atomic E-state index is 14.3. The van der Waals surface area contributed by atoms with Crippen LogP contribution in [0.15, 0.2) is 30.9 Å². The Kier molecular flexibility index (Phi) is 9.77. The number of amides is 3. The second-order valence-electron chi connectivity index (χ2n) is 14.2. The molecule has 4 aliphatic rings. The molecule has 48 heavy (non-hydrogen) atoms. The first kappa shape index (κ1) is 35.5. The Balaban J connectivity index is 1.34. The molecular formula is C33H42FN3O10S. The molecule has 2 aliphatic carbocycles. The fourth-order valence-corrected chi connectivity index (χ4v) is 7.90. The Bertz CT molecular complexity index is 1620.